The summed E-state index contributed by atoms with van der Waals surface area (Å²) in [5.41, 5.74) is 0.00171. The van der Waals surface area contributed by atoms with Gasteiger partial charge in [0.2, 0.25) is 0 Å². The molecule has 0 spiro atoms. The van der Waals surface area contributed by atoms with Crippen LogP contribution >= 0.6 is 0 Å². The Labute approximate surface area is 72.2 Å². The summed E-state index contributed by atoms with van der Waals surface area (Å²) in [5.74, 6) is -0.568. The second kappa shape index (κ2) is 5.19. The van der Waals surface area contributed by atoms with E-state index in [0.717, 1.165) is 0 Å². The number of carbonyl (C=O) groups excluding carboxylic acids is 1. The third-order valence-corrected chi connectivity index (χ3v) is 0.986. The molecule has 0 saturated heterocycles. The van der Waals surface area contributed by atoms with Crippen molar-refractivity contribution in [3.05, 3.63) is 23.3 Å². The lowest BCUT2D eigenvalue weighted by Gasteiger charge is -2.05. The predicted octanol–water partition coefficient (Wildman–Crippen LogP) is 0.872. The monoisotopic (exact) mass is 168 g/mol. The topological polar surface area (TPSA) is 33.9 Å². The van der Waals surface area contributed by atoms with E-state index in [1.165, 1.54) is 6.20 Å². The molecule has 0 saturated carbocycles. The predicted molar refractivity (Wildman–Crippen MR) is 45.0 cm³/mol. The molecule has 0 aliphatic rings. The lowest BCUT2D eigenvalue weighted by molar-refractivity contribution is -0.138. The van der Waals surface area contributed by atoms with Crippen molar-refractivity contribution in [1.82, 2.24) is 4.90 Å². The van der Waals surface area contributed by atoms with Gasteiger partial charge in [-0.3, -0.25) is 4.79 Å². The van der Waals surface area contributed by atoms with E-state index in [9.17, 15) is 4.79 Å². The highest BCUT2D eigenvalue weighted by molar-refractivity contribution is 5.90. The highest BCUT2D eigenvalue weighted by Crippen LogP contribution is 2.00. The Balaban J connectivity index is 4.37. The average Bonchev–Trinajstić information content (AvgIpc) is 2.00. The number of hydrogen-bond donors (Lipinski definition) is 0. The fraction of sp³-hybridized carbons (Fsp3) is 0.500. The van der Waals surface area contributed by atoms with Crippen LogP contribution in [0.4, 0.5) is 0 Å². The van der Waals surface area contributed by atoms with Crippen molar-refractivity contribution >= 4 is 5.97 Å². The highest BCUT2D eigenvalue weighted by Gasteiger charge is 2.09. The Morgan fingerprint density at radius 3 is 2.58 bits per heavy atom. The molecule has 4 heteroatoms. The second-order valence-corrected chi connectivity index (χ2v) is 2.31. The van der Waals surface area contributed by atoms with Crippen LogP contribution < -0.4 is 0 Å². The molecule has 0 rings (SSSR count). The minimum absolute atomic E-state index is 0.00171. The van der Waals surface area contributed by atoms with Gasteiger partial charge in [0.05, 0.1) is 13.2 Å². The van der Waals surface area contributed by atoms with E-state index < -0.39 is 5.97 Å². The molecule has 0 aromatic carbocycles. The van der Waals surface area contributed by atoms with Gasteiger partial charge in [-0.15, -0.1) is 0 Å². The maximum absolute atomic E-state index is 11.0. The van der Waals surface area contributed by atoms with Crippen LogP contribution in [0.3, 0.4) is 0 Å². The lowest BCUT2D eigenvalue weighted by atomic mass is 10.5. The molecule has 0 heterocycles. The Kier molecular flexibility index (Phi) is 4.54. The molecular weight excluding hydrogens is 156 g/mol. The SMILES string of the molecule is [C-]#[N+]C(=CN(C)C)C(=O)OCC. The zero-order valence-electron chi connectivity index (χ0n) is 7.50. The number of nitrogens with zero attached hydrogens (tertiary/aromatic N) is 2. The number of esters is 1. The molecule has 66 valence electrons. The van der Waals surface area contributed by atoms with Crippen LogP contribution in [0.15, 0.2) is 11.9 Å². The summed E-state index contributed by atoms with van der Waals surface area (Å²) in [6.45, 7) is 8.69. The number of ether oxygens (including phenoxy) is 1. The molecule has 0 radical (unpaired) electrons. The normalized spacial score (nSPS) is 10.3. The summed E-state index contributed by atoms with van der Waals surface area (Å²) in [5, 5.41) is 0. The minimum atomic E-state index is -0.568. The zero-order chi connectivity index (χ0) is 9.56. The molecule has 0 atom stereocenters. The lowest BCUT2D eigenvalue weighted by Crippen LogP contribution is -2.10. The fourth-order valence-corrected chi connectivity index (χ4v) is 0.577. The van der Waals surface area contributed by atoms with Crippen LogP contribution in [0.5, 0.6) is 0 Å². The van der Waals surface area contributed by atoms with Crippen LogP contribution in [0.2, 0.25) is 0 Å². The molecule has 0 N–H and O–H groups in total. The van der Waals surface area contributed by atoms with Gasteiger partial charge in [-0.1, -0.05) is 0 Å². The summed E-state index contributed by atoms with van der Waals surface area (Å²) in [6.07, 6.45) is 1.44. The smallest absolute Gasteiger partial charge is 0.337 e. The van der Waals surface area contributed by atoms with Crippen molar-refractivity contribution < 1.29 is 9.53 Å². The molecule has 0 fully saturated rings. The van der Waals surface area contributed by atoms with Gasteiger partial charge in [-0.2, -0.15) is 0 Å². The first-order valence-corrected chi connectivity index (χ1v) is 3.54. The van der Waals surface area contributed by atoms with Gasteiger partial charge < -0.3 is 9.64 Å². The maximum Gasteiger partial charge on any atom is 0.337 e. The third-order valence-electron chi connectivity index (χ3n) is 0.986. The van der Waals surface area contributed by atoms with Gasteiger partial charge in [0.25, 0.3) is 5.70 Å². The molecule has 0 bridgehead atoms. The third kappa shape index (κ3) is 3.62. The van der Waals surface area contributed by atoms with Gasteiger partial charge in [0.15, 0.2) is 0 Å². The van der Waals surface area contributed by atoms with Gasteiger partial charge >= 0.3 is 5.97 Å². The van der Waals surface area contributed by atoms with Crippen molar-refractivity contribution in [3.63, 3.8) is 0 Å². The Hall–Kier alpha value is -1.50. The first-order valence-electron chi connectivity index (χ1n) is 3.54. The molecule has 0 aliphatic heterocycles. The zero-order valence-corrected chi connectivity index (χ0v) is 7.50. The van der Waals surface area contributed by atoms with Gasteiger partial charge in [-0.25, -0.2) is 4.85 Å². The average molecular weight is 168 g/mol. The summed E-state index contributed by atoms with van der Waals surface area (Å²) in [6, 6.07) is 0. The molecule has 12 heavy (non-hydrogen) atoms. The van der Waals surface area contributed by atoms with Crippen LogP contribution in [-0.2, 0) is 9.53 Å². The summed E-state index contributed by atoms with van der Waals surface area (Å²) in [7, 11) is 3.48. The first kappa shape index (κ1) is 10.5. The van der Waals surface area contributed by atoms with Crippen LogP contribution in [0.25, 0.3) is 4.85 Å². The van der Waals surface area contributed by atoms with E-state index in [1.807, 2.05) is 0 Å². The molecule has 0 amide bonds. The van der Waals surface area contributed by atoms with Crippen molar-refractivity contribution in [1.29, 1.82) is 0 Å². The molecular formula is C8H12N2O2. The van der Waals surface area contributed by atoms with E-state index in [-0.39, 0.29) is 5.70 Å². The van der Waals surface area contributed by atoms with Crippen molar-refractivity contribution in [2.24, 2.45) is 0 Å². The van der Waals surface area contributed by atoms with Crippen LogP contribution in [0.1, 0.15) is 6.92 Å². The highest BCUT2D eigenvalue weighted by atomic mass is 16.5. The van der Waals surface area contributed by atoms with E-state index in [2.05, 4.69) is 9.58 Å². The van der Waals surface area contributed by atoms with Crippen LogP contribution in [0, 0.1) is 6.57 Å². The standard InChI is InChI=1S/C8H12N2O2/c1-5-12-8(11)7(9-2)6-10(3)4/h6H,5H2,1,3-4H3. The number of hydrogen-bond acceptors (Lipinski definition) is 3. The summed E-state index contributed by atoms with van der Waals surface area (Å²) in [4.78, 5) is 15.6. The summed E-state index contributed by atoms with van der Waals surface area (Å²) < 4.78 is 4.65. The minimum Gasteiger partial charge on any atom is -0.471 e. The number of rotatable bonds is 3. The molecule has 0 aromatic heterocycles. The van der Waals surface area contributed by atoms with Crippen LogP contribution in [-0.4, -0.2) is 31.6 Å². The molecule has 0 unspecified atom stereocenters. The van der Waals surface area contributed by atoms with E-state index in [1.54, 1.807) is 25.9 Å². The largest absolute Gasteiger partial charge is 0.471 e. The first-order chi connectivity index (χ1) is 5.61. The molecule has 4 nitrogen and oxygen atoms in total. The maximum atomic E-state index is 11.0. The number of carbonyl (C=O) groups is 1. The van der Waals surface area contributed by atoms with Crippen molar-refractivity contribution in [2.45, 2.75) is 6.92 Å². The van der Waals surface area contributed by atoms with Gasteiger partial charge in [-0.05, 0) is 6.92 Å². The Morgan fingerprint density at radius 2 is 2.25 bits per heavy atom. The Bertz CT molecular complexity index is 226. The summed E-state index contributed by atoms with van der Waals surface area (Å²) >= 11 is 0. The molecule has 0 aromatic rings. The fourth-order valence-electron chi connectivity index (χ4n) is 0.577. The quantitative estimate of drug-likeness (QED) is 0.356. The van der Waals surface area contributed by atoms with Gasteiger partial charge in [0.1, 0.15) is 0 Å². The molecule has 0 aliphatic carbocycles. The van der Waals surface area contributed by atoms with Crippen molar-refractivity contribution in [2.75, 3.05) is 20.7 Å². The van der Waals surface area contributed by atoms with E-state index in [4.69, 9.17) is 6.57 Å². The van der Waals surface area contributed by atoms with Crippen molar-refractivity contribution in [3.8, 4) is 0 Å². The van der Waals surface area contributed by atoms with Gasteiger partial charge in [0, 0.05) is 20.3 Å². The Morgan fingerprint density at radius 1 is 1.67 bits per heavy atom. The van der Waals surface area contributed by atoms with E-state index in [0.29, 0.717) is 6.61 Å². The van der Waals surface area contributed by atoms with E-state index >= 15 is 0 Å². The second-order valence-electron chi connectivity index (χ2n) is 2.31.